The summed E-state index contributed by atoms with van der Waals surface area (Å²) >= 11 is 3.80. The molecule has 0 bridgehead atoms. The summed E-state index contributed by atoms with van der Waals surface area (Å²) in [6.45, 7) is 2.97. The second kappa shape index (κ2) is 5.90. The molecule has 92 valence electrons. The standard InChI is InChI=1S/C10H11ClN2O3S/c1-6(7(2)14)12-13-10-4-3-8(17(15)16)5-9(10)11/h3-5,13H,1-2H3,(H,15,16). The van der Waals surface area contributed by atoms with E-state index in [2.05, 4.69) is 10.5 Å². The summed E-state index contributed by atoms with van der Waals surface area (Å²) in [7, 11) is 0. The number of carbonyl (C=O) groups excluding carboxylic acids is 1. The Labute approximate surface area is 106 Å². The molecule has 0 saturated heterocycles. The first-order valence-corrected chi connectivity index (χ1v) is 6.12. The molecule has 0 radical (unpaired) electrons. The van der Waals surface area contributed by atoms with Crippen molar-refractivity contribution in [3.8, 4) is 0 Å². The normalized spacial score (nSPS) is 13.3. The molecule has 17 heavy (non-hydrogen) atoms. The van der Waals surface area contributed by atoms with Crippen molar-refractivity contribution in [2.24, 2.45) is 5.10 Å². The van der Waals surface area contributed by atoms with Crippen molar-refractivity contribution in [2.45, 2.75) is 18.7 Å². The fourth-order valence-electron chi connectivity index (χ4n) is 0.918. The Kier molecular flexibility index (Phi) is 4.80. The van der Waals surface area contributed by atoms with Crippen molar-refractivity contribution < 1.29 is 13.6 Å². The lowest BCUT2D eigenvalue weighted by Gasteiger charge is -2.05. The summed E-state index contributed by atoms with van der Waals surface area (Å²) in [5.74, 6) is -0.151. The van der Waals surface area contributed by atoms with E-state index in [-0.39, 0.29) is 15.7 Å². The number of benzene rings is 1. The predicted octanol–water partition coefficient (Wildman–Crippen LogP) is 2.30. The van der Waals surface area contributed by atoms with Crippen LogP contribution in [-0.2, 0) is 15.9 Å². The van der Waals surface area contributed by atoms with Gasteiger partial charge in [0.1, 0.15) is 5.71 Å². The highest BCUT2D eigenvalue weighted by atomic mass is 35.5. The molecule has 0 heterocycles. The Balaban J connectivity index is 2.91. The van der Waals surface area contributed by atoms with Gasteiger partial charge in [-0.25, -0.2) is 4.21 Å². The number of hydrazone groups is 1. The van der Waals surface area contributed by atoms with Crippen LogP contribution in [0.5, 0.6) is 0 Å². The molecule has 0 aromatic heterocycles. The van der Waals surface area contributed by atoms with Crippen LogP contribution in [0.15, 0.2) is 28.2 Å². The van der Waals surface area contributed by atoms with Gasteiger partial charge < -0.3 is 4.55 Å². The van der Waals surface area contributed by atoms with Gasteiger partial charge in [-0.15, -0.1) is 0 Å². The average Bonchev–Trinajstić information content (AvgIpc) is 2.26. The lowest BCUT2D eigenvalue weighted by Crippen LogP contribution is -2.07. The number of hydrogen-bond donors (Lipinski definition) is 2. The van der Waals surface area contributed by atoms with Crippen LogP contribution in [0.25, 0.3) is 0 Å². The minimum Gasteiger partial charge on any atom is -0.302 e. The number of nitrogens with zero attached hydrogens (tertiary/aromatic N) is 1. The summed E-state index contributed by atoms with van der Waals surface area (Å²) in [5.41, 5.74) is 3.39. The fraction of sp³-hybridized carbons (Fsp3) is 0.200. The highest BCUT2D eigenvalue weighted by Crippen LogP contribution is 2.24. The Hall–Kier alpha value is -1.24. The average molecular weight is 275 g/mol. The number of Topliss-reactive ketones (excluding diaryl/α,β-unsaturated/α-hetero) is 1. The fourth-order valence-corrected chi connectivity index (χ4v) is 1.61. The van der Waals surface area contributed by atoms with E-state index in [0.29, 0.717) is 11.4 Å². The minimum absolute atomic E-state index is 0.151. The van der Waals surface area contributed by atoms with E-state index in [1.807, 2.05) is 0 Å². The lowest BCUT2D eigenvalue weighted by atomic mass is 10.3. The first-order chi connectivity index (χ1) is 7.91. The smallest absolute Gasteiger partial charge is 0.186 e. The molecule has 1 unspecified atom stereocenters. The van der Waals surface area contributed by atoms with Crippen LogP contribution in [-0.4, -0.2) is 20.3 Å². The Morgan fingerprint density at radius 2 is 2.12 bits per heavy atom. The number of hydrogen-bond acceptors (Lipinski definition) is 4. The molecule has 1 aromatic carbocycles. The van der Waals surface area contributed by atoms with Crippen LogP contribution in [0.4, 0.5) is 5.69 Å². The maximum Gasteiger partial charge on any atom is 0.186 e. The van der Waals surface area contributed by atoms with Crippen molar-refractivity contribution in [1.82, 2.24) is 0 Å². The molecule has 0 aliphatic carbocycles. The third-order valence-corrected chi connectivity index (χ3v) is 2.97. The van der Waals surface area contributed by atoms with E-state index in [0.717, 1.165) is 0 Å². The molecule has 0 fully saturated rings. The topological polar surface area (TPSA) is 78.8 Å². The third kappa shape index (κ3) is 3.92. The Morgan fingerprint density at radius 3 is 2.59 bits per heavy atom. The first-order valence-electron chi connectivity index (χ1n) is 4.63. The molecule has 1 rings (SSSR count). The van der Waals surface area contributed by atoms with Crippen molar-refractivity contribution >= 4 is 39.9 Å². The zero-order valence-corrected chi connectivity index (χ0v) is 10.8. The van der Waals surface area contributed by atoms with E-state index >= 15 is 0 Å². The van der Waals surface area contributed by atoms with E-state index in [4.69, 9.17) is 16.2 Å². The molecule has 7 heteroatoms. The molecule has 5 nitrogen and oxygen atoms in total. The molecule has 1 aromatic rings. The largest absolute Gasteiger partial charge is 0.302 e. The van der Waals surface area contributed by atoms with Gasteiger partial charge in [-0.3, -0.25) is 10.2 Å². The van der Waals surface area contributed by atoms with Crippen molar-refractivity contribution in [3.63, 3.8) is 0 Å². The van der Waals surface area contributed by atoms with Gasteiger partial charge in [-0.1, -0.05) is 11.6 Å². The molecule has 0 amide bonds. The second-order valence-electron chi connectivity index (χ2n) is 3.26. The van der Waals surface area contributed by atoms with E-state index < -0.39 is 11.1 Å². The van der Waals surface area contributed by atoms with E-state index in [1.54, 1.807) is 6.92 Å². The molecule has 2 N–H and O–H groups in total. The van der Waals surface area contributed by atoms with E-state index in [1.165, 1.54) is 25.1 Å². The SMILES string of the molecule is CC(=O)C(C)=NNc1ccc(S(=O)O)cc1Cl. The first kappa shape index (κ1) is 13.8. The summed E-state index contributed by atoms with van der Waals surface area (Å²) in [4.78, 5) is 11.1. The van der Waals surface area contributed by atoms with E-state index in [9.17, 15) is 9.00 Å². The molecule has 1 atom stereocenters. The molecule has 0 spiro atoms. The molecular formula is C10H11ClN2O3S. The summed E-state index contributed by atoms with van der Waals surface area (Å²) in [6, 6.07) is 4.32. The number of nitrogens with one attached hydrogen (secondary N) is 1. The zero-order chi connectivity index (χ0) is 13.0. The van der Waals surface area contributed by atoms with Gasteiger partial charge in [0.2, 0.25) is 0 Å². The van der Waals surface area contributed by atoms with Gasteiger partial charge in [-0.05, 0) is 25.1 Å². The van der Waals surface area contributed by atoms with Gasteiger partial charge in [-0.2, -0.15) is 5.10 Å². The number of anilines is 1. The van der Waals surface area contributed by atoms with Gasteiger partial charge >= 0.3 is 0 Å². The van der Waals surface area contributed by atoms with Gasteiger partial charge in [0.05, 0.1) is 15.6 Å². The number of rotatable bonds is 4. The maximum atomic E-state index is 10.9. The molecule has 0 aliphatic heterocycles. The monoisotopic (exact) mass is 274 g/mol. The highest BCUT2D eigenvalue weighted by molar-refractivity contribution is 7.79. The quantitative estimate of drug-likeness (QED) is 0.502. The van der Waals surface area contributed by atoms with Crippen molar-refractivity contribution in [3.05, 3.63) is 23.2 Å². The van der Waals surface area contributed by atoms with Gasteiger partial charge in [0.25, 0.3) is 0 Å². The minimum atomic E-state index is -2.07. The highest BCUT2D eigenvalue weighted by Gasteiger charge is 2.05. The molecule has 0 saturated carbocycles. The lowest BCUT2D eigenvalue weighted by molar-refractivity contribution is -0.111. The van der Waals surface area contributed by atoms with Crippen LogP contribution in [0.3, 0.4) is 0 Å². The van der Waals surface area contributed by atoms with Gasteiger partial charge in [0.15, 0.2) is 16.9 Å². The maximum absolute atomic E-state index is 10.9. The third-order valence-electron chi connectivity index (χ3n) is 2.00. The van der Waals surface area contributed by atoms with Crippen LogP contribution < -0.4 is 5.43 Å². The summed E-state index contributed by atoms with van der Waals surface area (Å²) in [5, 5.41) is 4.08. The van der Waals surface area contributed by atoms with Crippen molar-refractivity contribution in [1.29, 1.82) is 0 Å². The number of carbonyl (C=O) groups is 1. The van der Waals surface area contributed by atoms with Crippen molar-refractivity contribution in [2.75, 3.05) is 5.43 Å². The zero-order valence-electron chi connectivity index (χ0n) is 9.23. The number of halogens is 1. The molecular weight excluding hydrogens is 264 g/mol. The summed E-state index contributed by atoms with van der Waals surface area (Å²) in [6.07, 6.45) is 0. The summed E-state index contributed by atoms with van der Waals surface area (Å²) < 4.78 is 19.6. The van der Waals surface area contributed by atoms with Gasteiger partial charge in [0, 0.05) is 6.92 Å². The number of ketones is 1. The Morgan fingerprint density at radius 1 is 1.47 bits per heavy atom. The van der Waals surface area contributed by atoms with Crippen LogP contribution in [0.2, 0.25) is 5.02 Å². The Bertz CT molecular complexity index is 502. The van der Waals surface area contributed by atoms with Crippen LogP contribution in [0.1, 0.15) is 13.8 Å². The predicted molar refractivity (Wildman–Crippen MR) is 67.9 cm³/mol. The van der Waals surface area contributed by atoms with Crippen LogP contribution >= 0.6 is 11.6 Å². The second-order valence-corrected chi connectivity index (χ2v) is 4.63. The van der Waals surface area contributed by atoms with Crippen LogP contribution in [0, 0.1) is 0 Å². The molecule has 0 aliphatic rings.